The van der Waals surface area contributed by atoms with Gasteiger partial charge in [0.2, 0.25) is 11.8 Å². The maximum atomic E-state index is 12.1. The molecule has 1 heterocycles. The number of carbonyl (C=O) groups is 3. The van der Waals surface area contributed by atoms with Gasteiger partial charge < -0.3 is 0 Å². The first-order valence-corrected chi connectivity index (χ1v) is 6.13. The third-order valence-electron chi connectivity index (χ3n) is 3.48. The molecular formula is C12H20N2O3. The maximum absolute atomic E-state index is 12.1. The number of hydrogen-bond acceptors (Lipinski definition) is 3. The van der Waals surface area contributed by atoms with Crippen molar-refractivity contribution < 1.29 is 14.4 Å². The van der Waals surface area contributed by atoms with Gasteiger partial charge in [-0.2, -0.15) is 0 Å². The van der Waals surface area contributed by atoms with E-state index in [9.17, 15) is 14.4 Å². The third kappa shape index (κ3) is 2.33. The van der Waals surface area contributed by atoms with E-state index >= 15 is 0 Å². The number of nitrogens with zero attached hydrogens (tertiary/aromatic N) is 1. The smallest absolute Gasteiger partial charge is 0.277 e. The number of hydrogen-bond donors (Lipinski definition) is 1. The number of nitrogens with one attached hydrogen (secondary N) is 1. The standard InChI is InChI=1S/C12H20N2O3/c1-4-6-7-8-12(5-2)9(15)13-11(17)14(3)10(12)16/h4-8H2,1-3H3,(H,13,15,17). The molecule has 0 spiro atoms. The Hall–Kier alpha value is -1.39. The molecule has 1 rings (SSSR count). The number of imide groups is 2. The average Bonchev–Trinajstić information content (AvgIpc) is 2.31. The van der Waals surface area contributed by atoms with Crippen molar-refractivity contribution in [2.24, 2.45) is 5.41 Å². The van der Waals surface area contributed by atoms with E-state index in [1.807, 2.05) is 6.92 Å². The minimum absolute atomic E-state index is 0.371. The van der Waals surface area contributed by atoms with Crippen molar-refractivity contribution in [3.8, 4) is 0 Å². The SMILES string of the molecule is CCCCCC1(CC)C(=O)NC(=O)N(C)C1=O. The van der Waals surface area contributed by atoms with Crippen molar-refractivity contribution in [2.75, 3.05) is 7.05 Å². The monoisotopic (exact) mass is 240 g/mol. The summed E-state index contributed by atoms with van der Waals surface area (Å²) in [6.45, 7) is 3.88. The number of unbranched alkanes of at least 4 members (excludes halogenated alkanes) is 2. The van der Waals surface area contributed by atoms with Gasteiger partial charge in [-0.05, 0) is 12.8 Å². The molecule has 96 valence electrons. The fourth-order valence-corrected chi connectivity index (χ4v) is 2.20. The van der Waals surface area contributed by atoms with E-state index in [2.05, 4.69) is 12.2 Å². The van der Waals surface area contributed by atoms with Crippen LogP contribution < -0.4 is 5.32 Å². The molecule has 0 aromatic carbocycles. The molecule has 17 heavy (non-hydrogen) atoms. The largest absolute Gasteiger partial charge is 0.330 e. The summed E-state index contributed by atoms with van der Waals surface area (Å²) in [7, 11) is 1.41. The normalized spacial score (nSPS) is 25.1. The van der Waals surface area contributed by atoms with E-state index in [1.165, 1.54) is 7.05 Å². The Bertz CT molecular complexity index is 341. The van der Waals surface area contributed by atoms with Crippen LogP contribution >= 0.6 is 0 Å². The lowest BCUT2D eigenvalue weighted by molar-refractivity contribution is -0.151. The molecule has 0 saturated carbocycles. The van der Waals surface area contributed by atoms with Gasteiger partial charge in [-0.1, -0.05) is 33.1 Å². The summed E-state index contributed by atoms with van der Waals surface area (Å²) >= 11 is 0. The van der Waals surface area contributed by atoms with Crippen LogP contribution in [0.15, 0.2) is 0 Å². The van der Waals surface area contributed by atoms with Gasteiger partial charge in [-0.3, -0.25) is 19.8 Å². The summed E-state index contributed by atoms with van der Waals surface area (Å²) in [6.07, 6.45) is 3.79. The van der Waals surface area contributed by atoms with Gasteiger partial charge in [-0.25, -0.2) is 4.79 Å². The maximum Gasteiger partial charge on any atom is 0.330 e. The van der Waals surface area contributed by atoms with Crippen molar-refractivity contribution >= 4 is 17.8 Å². The van der Waals surface area contributed by atoms with Crippen LogP contribution in [0.2, 0.25) is 0 Å². The molecule has 1 aliphatic heterocycles. The molecule has 5 nitrogen and oxygen atoms in total. The molecule has 1 fully saturated rings. The van der Waals surface area contributed by atoms with Gasteiger partial charge in [0, 0.05) is 7.05 Å². The lowest BCUT2D eigenvalue weighted by Gasteiger charge is -2.37. The second-order valence-electron chi connectivity index (χ2n) is 4.52. The molecule has 0 aromatic rings. The second kappa shape index (κ2) is 5.29. The Morgan fingerprint density at radius 2 is 1.82 bits per heavy atom. The Morgan fingerprint density at radius 3 is 2.35 bits per heavy atom. The van der Waals surface area contributed by atoms with Crippen LogP contribution in [0.3, 0.4) is 0 Å². The van der Waals surface area contributed by atoms with Crippen LogP contribution in [0.1, 0.15) is 46.0 Å². The first-order valence-electron chi connectivity index (χ1n) is 6.13. The minimum Gasteiger partial charge on any atom is -0.277 e. The van der Waals surface area contributed by atoms with Crippen LogP contribution in [-0.4, -0.2) is 29.8 Å². The first-order chi connectivity index (χ1) is 7.99. The van der Waals surface area contributed by atoms with Gasteiger partial charge >= 0.3 is 6.03 Å². The summed E-state index contributed by atoms with van der Waals surface area (Å²) in [5.74, 6) is -0.811. The number of amides is 4. The highest BCUT2D eigenvalue weighted by Crippen LogP contribution is 2.34. The summed E-state index contributed by atoms with van der Waals surface area (Å²) in [5, 5.41) is 2.26. The molecule has 1 N–H and O–H groups in total. The van der Waals surface area contributed by atoms with E-state index in [1.54, 1.807) is 0 Å². The highest BCUT2D eigenvalue weighted by molar-refractivity contribution is 6.18. The zero-order chi connectivity index (χ0) is 13.1. The summed E-state index contributed by atoms with van der Waals surface area (Å²) in [6, 6.07) is -0.625. The Balaban J connectivity index is 2.91. The van der Waals surface area contributed by atoms with Gasteiger partial charge in [0.15, 0.2) is 0 Å². The lowest BCUT2D eigenvalue weighted by atomic mass is 9.76. The lowest BCUT2D eigenvalue weighted by Crippen LogP contribution is -2.62. The molecule has 1 saturated heterocycles. The molecular weight excluding hydrogens is 220 g/mol. The van der Waals surface area contributed by atoms with Crippen molar-refractivity contribution in [3.63, 3.8) is 0 Å². The predicted octanol–water partition coefficient (Wildman–Crippen LogP) is 1.67. The van der Waals surface area contributed by atoms with Crippen LogP contribution in [0.25, 0.3) is 0 Å². The van der Waals surface area contributed by atoms with Crippen molar-refractivity contribution in [2.45, 2.75) is 46.0 Å². The highest BCUT2D eigenvalue weighted by atomic mass is 16.2. The Morgan fingerprint density at radius 1 is 1.18 bits per heavy atom. The number of rotatable bonds is 5. The van der Waals surface area contributed by atoms with Gasteiger partial charge in [0.05, 0.1) is 0 Å². The molecule has 0 radical (unpaired) electrons. The van der Waals surface area contributed by atoms with E-state index in [0.29, 0.717) is 12.8 Å². The van der Waals surface area contributed by atoms with Crippen LogP contribution in [0.5, 0.6) is 0 Å². The number of urea groups is 1. The van der Waals surface area contributed by atoms with Crippen molar-refractivity contribution in [1.29, 1.82) is 0 Å². The molecule has 1 aliphatic rings. The molecule has 0 aromatic heterocycles. The molecule has 5 heteroatoms. The fraction of sp³-hybridized carbons (Fsp3) is 0.750. The summed E-state index contributed by atoms with van der Waals surface area (Å²) in [5.41, 5.74) is -1.04. The zero-order valence-corrected chi connectivity index (χ0v) is 10.7. The van der Waals surface area contributed by atoms with Crippen LogP contribution in [0, 0.1) is 5.41 Å². The van der Waals surface area contributed by atoms with Gasteiger partial charge in [-0.15, -0.1) is 0 Å². The summed E-state index contributed by atoms with van der Waals surface area (Å²) in [4.78, 5) is 36.4. The van der Waals surface area contributed by atoms with E-state index < -0.39 is 17.4 Å². The quantitative estimate of drug-likeness (QED) is 0.587. The van der Waals surface area contributed by atoms with E-state index in [-0.39, 0.29) is 5.91 Å². The molecule has 0 bridgehead atoms. The van der Waals surface area contributed by atoms with Gasteiger partial charge in [0.1, 0.15) is 5.41 Å². The van der Waals surface area contributed by atoms with E-state index in [4.69, 9.17) is 0 Å². The first kappa shape index (κ1) is 13.7. The zero-order valence-electron chi connectivity index (χ0n) is 10.7. The average molecular weight is 240 g/mol. The molecule has 0 aliphatic carbocycles. The van der Waals surface area contributed by atoms with Crippen molar-refractivity contribution in [3.05, 3.63) is 0 Å². The van der Waals surface area contributed by atoms with Crippen LogP contribution in [-0.2, 0) is 9.59 Å². The Kier molecular flexibility index (Phi) is 4.26. The topological polar surface area (TPSA) is 66.5 Å². The van der Waals surface area contributed by atoms with Gasteiger partial charge in [0.25, 0.3) is 0 Å². The summed E-state index contributed by atoms with van der Waals surface area (Å²) < 4.78 is 0. The third-order valence-corrected chi connectivity index (χ3v) is 3.48. The van der Waals surface area contributed by atoms with Crippen LogP contribution in [0.4, 0.5) is 4.79 Å². The number of barbiturate groups is 1. The predicted molar refractivity (Wildman–Crippen MR) is 63.2 cm³/mol. The second-order valence-corrected chi connectivity index (χ2v) is 4.52. The fourth-order valence-electron chi connectivity index (χ4n) is 2.20. The molecule has 1 unspecified atom stereocenters. The number of carbonyl (C=O) groups excluding carboxylic acids is 3. The van der Waals surface area contributed by atoms with E-state index in [0.717, 1.165) is 24.2 Å². The Labute approximate surface area is 102 Å². The highest BCUT2D eigenvalue weighted by Gasteiger charge is 2.50. The molecule has 1 atom stereocenters. The minimum atomic E-state index is -1.04. The molecule has 4 amide bonds. The van der Waals surface area contributed by atoms with Crippen molar-refractivity contribution in [1.82, 2.24) is 10.2 Å².